The lowest BCUT2D eigenvalue weighted by molar-refractivity contribution is 0.0930. The number of morpholine rings is 1. The molecule has 0 spiro atoms. The third-order valence-corrected chi connectivity index (χ3v) is 6.50. The third-order valence-electron chi connectivity index (χ3n) is 6.50. The molecule has 4 N–H and O–H groups in total. The number of benzene rings is 2. The van der Waals surface area contributed by atoms with Crippen LogP contribution in [0.4, 0.5) is 11.4 Å². The molecule has 3 aromatic rings. The predicted molar refractivity (Wildman–Crippen MR) is 133 cm³/mol. The first kappa shape index (κ1) is 22.1. The van der Waals surface area contributed by atoms with Crippen molar-refractivity contribution in [3.8, 4) is 0 Å². The number of nitrogens with one attached hydrogen (secondary N) is 2. The van der Waals surface area contributed by atoms with E-state index < -0.39 is 0 Å². The van der Waals surface area contributed by atoms with E-state index in [2.05, 4.69) is 15.2 Å². The van der Waals surface area contributed by atoms with Crippen molar-refractivity contribution in [3.05, 3.63) is 89.2 Å². The van der Waals surface area contributed by atoms with Gasteiger partial charge in [-0.1, -0.05) is 18.2 Å². The number of nitrogen functional groups attached to an aromatic ring is 1. The van der Waals surface area contributed by atoms with E-state index in [1.165, 1.54) is 0 Å². The van der Waals surface area contributed by atoms with Crippen LogP contribution in [0.1, 0.15) is 46.1 Å². The number of carbonyl (C=O) groups excluding carboxylic acids is 1. The van der Waals surface area contributed by atoms with Gasteiger partial charge in [0, 0.05) is 47.4 Å². The van der Waals surface area contributed by atoms with E-state index in [1.54, 1.807) is 24.4 Å². The minimum Gasteiger partial charge on any atom is -0.398 e. The summed E-state index contributed by atoms with van der Waals surface area (Å²) in [5, 5.41) is 11.9. The van der Waals surface area contributed by atoms with E-state index in [4.69, 9.17) is 15.9 Å². The van der Waals surface area contributed by atoms with Gasteiger partial charge in [-0.05, 0) is 61.2 Å². The molecule has 2 fully saturated rings. The van der Waals surface area contributed by atoms with E-state index in [9.17, 15) is 4.79 Å². The normalized spacial score (nSPS) is 16.6. The standard InChI is InChI=1S/C27H29N5O2/c28-23-11-8-20(27(33)31-26(19-4-5-19)24-3-1-2-12-30-24)17-22(23)25(29)18-6-9-21(10-7-18)32-13-15-34-16-14-32/h1-3,6-12,17,19,26,29H,4-5,13-16,28H2,(H,31,33). The van der Waals surface area contributed by atoms with Gasteiger partial charge in [0.2, 0.25) is 0 Å². The van der Waals surface area contributed by atoms with E-state index in [1.807, 2.05) is 42.5 Å². The Kier molecular flexibility index (Phi) is 6.27. The Morgan fingerprint density at radius 2 is 1.79 bits per heavy atom. The van der Waals surface area contributed by atoms with Crippen molar-refractivity contribution in [1.29, 1.82) is 5.41 Å². The molecule has 1 atom stereocenters. The summed E-state index contributed by atoms with van der Waals surface area (Å²) in [6.45, 7) is 3.18. The fraction of sp³-hybridized carbons (Fsp3) is 0.296. The first-order valence-electron chi connectivity index (χ1n) is 11.7. The third kappa shape index (κ3) is 4.79. The summed E-state index contributed by atoms with van der Waals surface area (Å²) < 4.78 is 5.42. The second-order valence-electron chi connectivity index (χ2n) is 8.87. The molecular weight excluding hydrogens is 426 g/mol. The van der Waals surface area contributed by atoms with Crippen LogP contribution in [0.2, 0.25) is 0 Å². The zero-order chi connectivity index (χ0) is 23.5. The lowest BCUT2D eigenvalue weighted by atomic mass is 9.98. The number of anilines is 2. The number of carbonyl (C=O) groups is 1. The molecule has 1 unspecified atom stereocenters. The molecule has 1 aliphatic carbocycles. The fourth-order valence-corrected chi connectivity index (χ4v) is 4.38. The van der Waals surface area contributed by atoms with Crippen LogP contribution >= 0.6 is 0 Å². The Morgan fingerprint density at radius 1 is 1.06 bits per heavy atom. The Balaban J connectivity index is 1.34. The van der Waals surface area contributed by atoms with Crippen molar-refractivity contribution in [2.45, 2.75) is 18.9 Å². The highest BCUT2D eigenvalue weighted by atomic mass is 16.5. The number of nitrogens with two attached hydrogens (primary N) is 1. The lowest BCUT2D eigenvalue weighted by Crippen LogP contribution is -2.36. The quantitative estimate of drug-likeness (QED) is 0.371. The molecular formula is C27H29N5O2. The molecule has 1 aromatic heterocycles. The average Bonchev–Trinajstić information content (AvgIpc) is 3.73. The van der Waals surface area contributed by atoms with Crippen LogP contribution in [-0.2, 0) is 4.74 Å². The summed E-state index contributed by atoms with van der Waals surface area (Å²) in [4.78, 5) is 19.9. The molecule has 1 aliphatic heterocycles. The van der Waals surface area contributed by atoms with Crippen molar-refractivity contribution in [2.24, 2.45) is 5.92 Å². The minimum absolute atomic E-state index is 0.109. The van der Waals surface area contributed by atoms with Gasteiger partial charge >= 0.3 is 0 Å². The molecule has 0 bridgehead atoms. The SMILES string of the molecule is N=C(c1ccc(N2CCOCC2)cc1)c1cc(C(=O)NC(c2ccccn2)C2CC2)ccc1N. The van der Waals surface area contributed by atoms with Gasteiger partial charge in [-0.3, -0.25) is 15.2 Å². The van der Waals surface area contributed by atoms with Gasteiger partial charge in [-0.25, -0.2) is 0 Å². The highest BCUT2D eigenvalue weighted by Crippen LogP contribution is 2.40. The Hall–Kier alpha value is -3.71. The Labute approximate surface area is 199 Å². The van der Waals surface area contributed by atoms with Crippen molar-refractivity contribution in [1.82, 2.24) is 10.3 Å². The molecule has 1 saturated heterocycles. The molecule has 174 valence electrons. The van der Waals surface area contributed by atoms with Crippen LogP contribution in [0.25, 0.3) is 0 Å². The Morgan fingerprint density at radius 3 is 2.47 bits per heavy atom. The summed E-state index contributed by atoms with van der Waals surface area (Å²) in [7, 11) is 0. The van der Waals surface area contributed by atoms with E-state index in [-0.39, 0.29) is 11.9 Å². The number of nitrogens with zero attached hydrogens (tertiary/aromatic N) is 2. The number of pyridine rings is 1. The molecule has 1 saturated carbocycles. The maximum absolute atomic E-state index is 13.1. The zero-order valence-electron chi connectivity index (χ0n) is 19.0. The molecule has 2 aliphatic rings. The lowest BCUT2D eigenvalue weighted by Gasteiger charge is -2.29. The zero-order valence-corrected chi connectivity index (χ0v) is 19.0. The number of aromatic nitrogens is 1. The Bertz CT molecular complexity index is 1170. The minimum atomic E-state index is -0.181. The summed E-state index contributed by atoms with van der Waals surface area (Å²) in [5.74, 6) is 0.231. The number of hydrogen-bond donors (Lipinski definition) is 3. The van der Waals surface area contributed by atoms with Crippen LogP contribution in [0.3, 0.4) is 0 Å². The monoisotopic (exact) mass is 455 g/mol. The van der Waals surface area contributed by atoms with Crippen LogP contribution in [0.15, 0.2) is 66.9 Å². The average molecular weight is 456 g/mol. The maximum atomic E-state index is 13.1. The van der Waals surface area contributed by atoms with Crippen molar-refractivity contribution in [2.75, 3.05) is 36.9 Å². The van der Waals surface area contributed by atoms with Crippen LogP contribution < -0.4 is 16.0 Å². The van der Waals surface area contributed by atoms with Crippen molar-refractivity contribution >= 4 is 23.0 Å². The van der Waals surface area contributed by atoms with Gasteiger partial charge in [0.15, 0.2) is 0 Å². The maximum Gasteiger partial charge on any atom is 0.251 e. The second kappa shape index (κ2) is 9.65. The topological polar surface area (TPSA) is 104 Å². The summed E-state index contributed by atoms with van der Waals surface area (Å²) in [6, 6.07) is 18.7. The molecule has 34 heavy (non-hydrogen) atoms. The number of amides is 1. The summed E-state index contributed by atoms with van der Waals surface area (Å²) in [6.07, 6.45) is 3.92. The molecule has 7 heteroatoms. The van der Waals surface area contributed by atoms with Gasteiger partial charge < -0.3 is 20.7 Å². The molecule has 7 nitrogen and oxygen atoms in total. The van der Waals surface area contributed by atoms with Crippen molar-refractivity contribution in [3.63, 3.8) is 0 Å². The van der Waals surface area contributed by atoms with Crippen LogP contribution in [-0.4, -0.2) is 42.9 Å². The van der Waals surface area contributed by atoms with Crippen LogP contribution in [0.5, 0.6) is 0 Å². The number of rotatable bonds is 7. The molecule has 2 aromatic carbocycles. The summed E-state index contributed by atoms with van der Waals surface area (Å²) >= 11 is 0. The van der Waals surface area contributed by atoms with Gasteiger partial charge in [-0.15, -0.1) is 0 Å². The van der Waals surface area contributed by atoms with E-state index in [0.29, 0.717) is 28.4 Å². The van der Waals surface area contributed by atoms with Gasteiger partial charge in [-0.2, -0.15) is 0 Å². The van der Waals surface area contributed by atoms with Gasteiger partial charge in [0.05, 0.1) is 30.7 Å². The number of ether oxygens (including phenoxy) is 1. The largest absolute Gasteiger partial charge is 0.398 e. The van der Waals surface area contributed by atoms with Gasteiger partial charge in [0.1, 0.15) is 0 Å². The van der Waals surface area contributed by atoms with Gasteiger partial charge in [0.25, 0.3) is 5.91 Å². The highest BCUT2D eigenvalue weighted by molar-refractivity contribution is 6.15. The summed E-state index contributed by atoms with van der Waals surface area (Å²) in [5.41, 5.74) is 10.8. The highest BCUT2D eigenvalue weighted by Gasteiger charge is 2.34. The van der Waals surface area contributed by atoms with E-state index in [0.717, 1.165) is 56.1 Å². The first-order chi connectivity index (χ1) is 16.6. The van der Waals surface area contributed by atoms with E-state index >= 15 is 0 Å². The fourth-order valence-electron chi connectivity index (χ4n) is 4.38. The first-order valence-corrected chi connectivity index (χ1v) is 11.7. The number of hydrogen-bond acceptors (Lipinski definition) is 6. The molecule has 2 heterocycles. The van der Waals surface area contributed by atoms with Crippen LogP contribution in [0, 0.1) is 11.3 Å². The smallest absolute Gasteiger partial charge is 0.251 e. The molecule has 1 amide bonds. The molecule has 0 radical (unpaired) electrons. The van der Waals surface area contributed by atoms with Crippen molar-refractivity contribution < 1.29 is 9.53 Å². The molecule has 5 rings (SSSR count). The predicted octanol–water partition coefficient (Wildman–Crippen LogP) is 3.80. The second-order valence-corrected chi connectivity index (χ2v) is 8.87.